The van der Waals surface area contributed by atoms with E-state index in [0.29, 0.717) is 11.0 Å². The van der Waals surface area contributed by atoms with Crippen LogP contribution < -0.4 is 5.84 Å². The van der Waals surface area contributed by atoms with Gasteiger partial charge in [-0.2, -0.15) is 0 Å². The van der Waals surface area contributed by atoms with Crippen molar-refractivity contribution in [2.45, 2.75) is 50.2 Å². The highest BCUT2D eigenvalue weighted by Crippen LogP contribution is 2.31. The normalized spacial score (nSPS) is 11.7. The van der Waals surface area contributed by atoms with Gasteiger partial charge in [-0.25, -0.2) is 14.6 Å². The molecule has 0 fully saturated rings. The van der Waals surface area contributed by atoms with Crippen LogP contribution >= 0.6 is 11.8 Å². The summed E-state index contributed by atoms with van der Waals surface area (Å²) in [4.78, 5) is 13.4. The van der Waals surface area contributed by atoms with E-state index in [-0.39, 0.29) is 5.41 Å². The van der Waals surface area contributed by atoms with E-state index in [1.165, 1.54) is 16.4 Å². The van der Waals surface area contributed by atoms with Crippen molar-refractivity contribution in [2.24, 2.45) is 0 Å². The van der Waals surface area contributed by atoms with Gasteiger partial charge in [0.15, 0.2) is 11.6 Å². The number of nitrogen functional groups attached to an aromatic ring is 1. The molecule has 0 saturated carbocycles. The average Bonchev–Trinajstić information content (AvgIpc) is 2.93. The maximum Gasteiger partial charge on any atom is 0.216 e. The first-order valence-electron chi connectivity index (χ1n) is 7.92. The largest absolute Gasteiger partial charge is 0.336 e. The van der Waals surface area contributed by atoms with Crippen LogP contribution in [0.3, 0.4) is 0 Å². The number of nitrogens with two attached hydrogens (primary N) is 1. The number of pyridine rings is 1. The van der Waals surface area contributed by atoms with Crippen LogP contribution in [0.1, 0.15) is 37.9 Å². The third kappa shape index (κ3) is 3.48. The fraction of sp³-hybridized carbons (Fsp3) is 0.353. The Labute approximate surface area is 151 Å². The molecule has 0 radical (unpaired) electrons. The minimum absolute atomic E-state index is 0.182. The molecule has 3 heterocycles. The number of hydrogen-bond acceptors (Lipinski definition) is 7. The van der Waals surface area contributed by atoms with Gasteiger partial charge in [-0.1, -0.05) is 20.8 Å². The van der Waals surface area contributed by atoms with Crippen molar-refractivity contribution < 1.29 is 0 Å². The van der Waals surface area contributed by atoms with Gasteiger partial charge in [-0.15, -0.1) is 10.2 Å². The molecule has 8 heteroatoms. The van der Waals surface area contributed by atoms with Crippen LogP contribution in [0.15, 0.2) is 34.7 Å². The Bertz CT molecular complexity index is 897. The van der Waals surface area contributed by atoms with Gasteiger partial charge in [0.1, 0.15) is 5.03 Å². The molecule has 7 nitrogen and oxygen atoms in total. The molecule has 130 valence electrons. The number of nitrogens with zero attached hydrogens (tertiary/aromatic N) is 6. The Morgan fingerprint density at radius 1 is 1.12 bits per heavy atom. The second-order valence-electron chi connectivity index (χ2n) is 6.83. The lowest BCUT2D eigenvalue weighted by Crippen LogP contribution is -2.24. The first-order valence-corrected chi connectivity index (χ1v) is 8.73. The van der Waals surface area contributed by atoms with Crippen LogP contribution in [-0.4, -0.2) is 29.8 Å². The van der Waals surface area contributed by atoms with E-state index in [2.05, 4.69) is 45.9 Å². The summed E-state index contributed by atoms with van der Waals surface area (Å²) in [5, 5.41) is 9.87. The van der Waals surface area contributed by atoms with Crippen LogP contribution in [-0.2, 0) is 5.41 Å². The molecule has 0 aliphatic heterocycles. The van der Waals surface area contributed by atoms with Gasteiger partial charge in [0.2, 0.25) is 5.16 Å². The smallest absolute Gasteiger partial charge is 0.216 e. The van der Waals surface area contributed by atoms with Crippen molar-refractivity contribution in [1.29, 1.82) is 0 Å². The van der Waals surface area contributed by atoms with Gasteiger partial charge >= 0.3 is 0 Å². The molecular weight excluding hydrogens is 334 g/mol. The lowest BCUT2D eigenvalue weighted by atomic mass is 9.96. The zero-order valence-corrected chi connectivity index (χ0v) is 15.8. The Hall–Kier alpha value is -2.48. The van der Waals surface area contributed by atoms with Crippen molar-refractivity contribution in [2.75, 3.05) is 5.84 Å². The number of rotatable bonds is 3. The molecule has 0 aromatic carbocycles. The fourth-order valence-corrected chi connectivity index (χ4v) is 3.14. The highest BCUT2D eigenvalue weighted by Gasteiger charge is 2.24. The Balaban J connectivity index is 2.01. The minimum atomic E-state index is -0.182. The van der Waals surface area contributed by atoms with Crippen molar-refractivity contribution in [3.8, 4) is 11.4 Å². The third-order valence-electron chi connectivity index (χ3n) is 3.79. The summed E-state index contributed by atoms with van der Waals surface area (Å²) in [7, 11) is 0. The second kappa shape index (κ2) is 6.44. The van der Waals surface area contributed by atoms with Crippen LogP contribution in [0.2, 0.25) is 0 Å². The molecule has 0 amide bonds. The minimum Gasteiger partial charge on any atom is -0.336 e. The van der Waals surface area contributed by atoms with Gasteiger partial charge in [0.05, 0.1) is 0 Å². The third-order valence-corrected chi connectivity index (χ3v) is 4.84. The maximum atomic E-state index is 6.19. The van der Waals surface area contributed by atoms with Gasteiger partial charge in [0.25, 0.3) is 0 Å². The summed E-state index contributed by atoms with van der Waals surface area (Å²) in [5.41, 5.74) is 2.60. The number of aryl methyl sites for hydroxylation is 1. The zero-order valence-electron chi connectivity index (χ0n) is 15.0. The molecule has 25 heavy (non-hydrogen) atoms. The van der Waals surface area contributed by atoms with Crippen LogP contribution in [0.5, 0.6) is 0 Å². The van der Waals surface area contributed by atoms with Crippen LogP contribution in [0.25, 0.3) is 11.4 Å². The van der Waals surface area contributed by atoms with Gasteiger partial charge in [-0.05, 0) is 37.7 Å². The predicted octanol–water partition coefficient (Wildman–Crippen LogP) is 2.91. The van der Waals surface area contributed by atoms with E-state index in [1.807, 2.05) is 26.0 Å². The maximum absolute atomic E-state index is 6.19. The first-order chi connectivity index (χ1) is 11.8. The topological polar surface area (TPSA) is 95.4 Å². The molecule has 0 aliphatic rings. The van der Waals surface area contributed by atoms with Crippen molar-refractivity contribution in [3.63, 3.8) is 0 Å². The van der Waals surface area contributed by atoms with Crippen molar-refractivity contribution in [3.05, 3.63) is 41.6 Å². The average molecular weight is 355 g/mol. The van der Waals surface area contributed by atoms with Crippen LogP contribution in [0, 0.1) is 13.8 Å². The highest BCUT2D eigenvalue weighted by molar-refractivity contribution is 7.99. The fourth-order valence-electron chi connectivity index (χ4n) is 2.27. The molecule has 2 N–H and O–H groups in total. The lowest BCUT2D eigenvalue weighted by Gasteiger charge is -2.16. The van der Waals surface area contributed by atoms with Gasteiger partial charge in [-0.3, -0.25) is 4.98 Å². The lowest BCUT2D eigenvalue weighted by molar-refractivity contribution is 0.523. The highest BCUT2D eigenvalue weighted by atomic mass is 32.2. The second-order valence-corrected chi connectivity index (χ2v) is 7.79. The molecular formula is C17H21N7S. The SMILES string of the molecule is Cc1nc(-c2cccnc2)nc(Sc2nnc(C(C)(C)C)n2N)c1C. The number of aromatic nitrogens is 6. The predicted molar refractivity (Wildman–Crippen MR) is 97.7 cm³/mol. The van der Waals surface area contributed by atoms with E-state index >= 15 is 0 Å². The van der Waals surface area contributed by atoms with E-state index in [4.69, 9.17) is 5.84 Å². The number of hydrogen-bond donors (Lipinski definition) is 1. The monoisotopic (exact) mass is 355 g/mol. The summed E-state index contributed by atoms with van der Waals surface area (Å²) >= 11 is 1.39. The van der Waals surface area contributed by atoms with Gasteiger partial charge in [0, 0.05) is 34.6 Å². The Morgan fingerprint density at radius 3 is 2.48 bits per heavy atom. The molecule has 3 aromatic rings. The molecule has 0 saturated heterocycles. The molecule has 0 unspecified atom stereocenters. The Morgan fingerprint density at radius 2 is 1.88 bits per heavy atom. The summed E-state index contributed by atoms with van der Waals surface area (Å²) in [6, 6.07) is 3.81. The van der Waals surface area contributed by atoms with E-state index in [9.17, 15) is 0 Å². The zero-order chi connectivity index (χ0) is 18.2. The quantitative estimate of drug-likeness (QED) is 0.570. The van der Waals surface area contributed by atoms with Crippen LogP contribution in [0.4, 0.5) is 0 Å². The van der Waals surface area contributed by atoms with E-state index < -0.39 is 0 Å². The van der Waals surface area contributed by atoms with Gasteiger partial charge < -0.3 is 5.84 Å². The van der Waals surface area contributed by atoms with Crippen molar-refractivity contribution in [1.82, 2.24) is 29.8 Å². The molecule has 0 spiro atoms. The van der Waals surface area contributed by atoms with E-state index in [0.717, 1.165) is 27.7 Å². The molecule has 0 aliphatic carbocycles. The molecule has 0 atom stereocenters. The van der Waals surface area contributed by atoms with E-state index in [1.54, 1.807) is 12.4 Å². The Kier molecular flexibility index (Phi) is 4.47. The molecule has 0 bridgehead atoms. The summed E-state index contributed by atoms with van der Waals surface area (Å²) in [6.45, 7) is 10.1. The summed E-state index contributed by atoms with van der Waals surface area (Å²) in [6.07, 6.45) is 3.48. The molecule has 3 aromatic heterocycles. The summed E-state index contributed by atoms with van der Waals surface area (Å²) < 4.78 is 1.53. The standard InChI is InChI=1S/C17H21N7S/c1-10-11(2)20-13(12-7-6-8-19-9-12)21-14(10)25-16-23-22-15(24(16)18)17(3,4)5/h6-9H,18H2,1-5H3. The van der Waals surface area contributed by atoms with Crippen molar-refractivity contribution >= 4 is 11.8 Å². The molecule has 3 rings (SSSR count). The first kappa shape index (κ1) is 17.3. The summed E-state index contributed by atoms with van der Waals surface area (Å²) in [5.74, 6) is 7.56.